The molecular weight excluding hydrogens is 240 g/mol. The molecule has 2 aromatic rings. The van der Waals surface area contributed by atoms with Crippen LogP contribution < -0.4 is 5.73 Å². The highest BCUT2D eigenvalue weighted by Crippen LogP contribution is 2.05. The summed E-state index contributed by atoms with van der Waals surface area (Å²) in [6.07, 6.45) is 9.94. The number of nitrogens with zero attached hydrogens (tertiary/aromatic N) is 5. The number of hydrogen-bond donors (Lipinski definition) is 1. The smallest absolute Gasteiger partial charge is 0.0948 e. The number of unbranched alkanes of at least 4 members (excludes halogenated alkanes) is 1. The van der Waals surface area contributed by atoms with Crippen LogP contribution in [0, 0.1) is 0 Å². The topological polar surface area (TPSA) is 74.5 Å². The molecule has 0 amide bonds. The zero-order chi connectivity index (χ0) is 13.5. The van der Waals surface area contributed by atoms with Crippen LogP contribution in [-0.4, -0.2) is 31.1 Å². The van der Waals surface area contributed by atoms with Crippen LogP contribution in [0.5, 0.6) is 0 Å². The second-order valence-electron chi connectivity index (χ2n) is 4.73. The van der Waals surface area contributed by atoms with Gasteiger partial charge in [-0.15, -0.1) is 5.10 Å². The van der Waals surface area contributed by atoms with Crippen molar-refractivity contribution in [1.29, 1.82) is 0 Å². The van der Waals surface area contributed by atoms with E-state index >= 15 is 0 Å². The van der Waals surface area contributed by atoms with Crippen molar-refractivity contribution in [2.24, 2.45) is 5.73 Å². The first-order chi connectivity index (χ1) is 9.33. The Morgan fingerprint density at radius 1 is 1.32 bits per heavy atom. The molecule has 2 heterocycles. The van der Waals surface area contributed by atoms with Crippen molar-refractivity contribution in [3.63, 3.8) is 0 Å². The largest absolute Gasteiger partial charge is 0.333 e. The van der Waals surface area contributed by atoms with Gasteiger partial charge in [-0.3, -0.25) is 0 Å². The summed E-state index contributed by atoms with van der Waals surface area (Å²) in [7, 11) is 0. The van der Waals surface area contributed by atoms with Crippen molar-refractivity contribution in [3.05, 3.63) is 30.1 Å². The van der Waals surface area contributed by atoms with Gasteiger partial charge >= 0.3 is 0 Å². The SMILES string of the molecule is CCCn1cncc1Cn1cc(CCCCN)nn1. The van der Waals surface area contributed by atoms with E-state index in [2.05, 4.69) is 26.8 Å². The van der Waals surface area contributed by atoms with Gasteiger partial charge in [0.1, 0.15) is 0 Å². The van der Waals surface area contributed by atoms with E-state index in [1.54, 1.807) is 0 Å². The minimum atomic E-state index is 0.726. The van der Waals surface area contributed by atoms with E-state index in [1.165, 1.54) is 5.69 Å². The Hall–Kier alpha value is -1.69. The lowest BCUT2D eigenvalue weighted by atomic mass is 10.2. The van der Waals surface area contributed by atoms with Crippen LogP contribution >= 0.6 is 0 Å². The van der Waals surface area contributed by atoms with E-state index in [-0.39, 0.29) is 0 Å². The van der Waals surface area contributed by atoms with Crippen molar-refractivity contribution in [2.75, 3.05) is 6.54 Å². The Bertz CT molecular complexity index is 487. The molecule has 0 saturated heterocycles. The zero-order valence-corrected chi connectivity index (χ0v) is 11.5. The molecule has 2 N–H and O–H groups in total. The molecule has 104 valence electrons. The van der Waals surface area contributed by atoms with Crippen LogP contribution in [0.15, 0.2) is 18.7 Å². The lowest BCUT2D eigenvalue weighted by Crippen LogP contribution is -2.07. The zero-order valence-electron chi connectivity index (χ0n) is 11.5. The Kier molecular flexibility index (Phi) is 5.09. The summed E-state index contributed by atoms with van der Waals surface area (Å²) in [6.45, 7) is 4.62. The number of rotatable bonds is 8. The fraction of sp³-hybridized carbons (Fsp3) is 0.615. The predicted octanol–water partition coefficient (Wildman–Crippen LogP) is 1.21. The molecule has 0 aliphatic rings. The molecule has 6 nitrogen and oxygen atoms in total. The maximum absolute atomic E-state index is 5.48. The van der Waals surface area contributed by atoms with Crippen molar-refractivity contribution >= 4 is 0 Å². The quantitative estimate of drug-likeness (QED) is 0.726. The third kappa shape index (κ3) is 3.89. The maximum atomic E-state index is 5.48. The molecule has 0 bridgehead atoms. The van der Waals surface area contributed by atoms with Gasteiger partial charge in [0.25, 0.3) is 0 Å². The van der Waals surface area contributed by atoms with Gasteiger partial charge < -0.3 is 10.3 Å². The summed E-state index contributed by atoms with van der Waals surface area (Å²) in [5, 5.41) is 8.35. The summed E-state index contributed by atoms with van der Waals surface area (Å²) < 4.78 is 4.04. The number of aromatic nitrogens is 5. The van der Waals surface area contributed by atoms with Crippen LogP contribution in [0.2, 0.25) is 0 Å². The van der Waals surface area contributed by atoms with Gasteiger partial charge in [0.15, 0.2) is 0 Å². The molecule has 0 aromatic carbocycles. The fourth-order valence-electron chi connectivity index (χ4n) is 2.07. The normalized spacial score (nSPS) is 11.1. The standard InChI is InChI=1S/C13H22N6/c1-2-7-18-11-15-8-13(18)10-19-9-12(16-17-19)5-3-4-6-14/h8-9,11H,2-7,10,14H2,1H3. The van der Waals surface area contributed by atoms with Crippen LogP contribution in [-0.2, 0) is 19.5 Å². The summed E-state index contributed by atoms with van der Waals surface area (Å²) >= 11 is 0. The van der Waals surface area contributed by atoms with Gasteiger partial charge in [0.05, 0.1) is 30.5 Å². The summed E-state index contributed by atoms with van der Waals surface area (Å²) in [6, 6.07) is 0. The average molecular weight is 262 g/mol. The summed E-state index contributed by atoms with van der Waals surface area (Å²) in [4.78, 5) is 4.19. The number of nitrogens with two attached hydrogens (primary N) is 1. The van der Waals surface area contributed by atoms with Crippen LogP contribution in [0.25, 0.3) is 0 Å². The van der Waals surface area contributed by atoms with E-state index in [1.807, 2.05) is 23.4 Å². The molecule has 0 spiro atoms. The Balaban J connectivity index is 1.93. The van der Waals surface area contributed by atoms with Crippen molar-refractivity contribution in [2.45, 2.75) is 45.7 Å². The van der Waals surface area contributed by atoms with E-state index in [0.717, 1.165) is 51.0 Å². The molecule has 6 heteroatoms. The number of aryl methyl sites for hydroxylation is 2. The molecule has 0 unspecified atom stereocenters. The highest BCUT2D eigenvalue weighted by atomic mass is 15.4. The molecule has 2 aromatic heterocycles. The third-order valence-corrected chi connectivity index (χ3v) is 3.06. The molecule has 0 aliphatic heterocycles. The summed E-state index contributed by atoms with van der Waals surface area (Å²) in [5.74, 6) is 0. The first-order valence-electron chi connectivity index (χ1n) is 6.91. The van der Waals surface area contributed by atoms with E-state index < -0.39 is 0 Å². The minimum absolute atomic E-state index is 0.726. The van der Waals surface area contributed by atoms with E-state index in [0.29, 0.717) is 0 Å². The summed E-state index contributed by atoms with van der Waals surface area (Å²) in [5.41, 5.74) is 7.69. The second-order valence-corrected chi connectivity index (χ2v) is 4.73. The fourth-order valence-corrected chi connectivity index (χ4v) is 2.07. The van der Waals surface area contributed by atoms with Crippen LogP contribution in [0.3, 0.4) is 0 Å². The third-order valence-electron chi connectivity index (χ3n) is 3.06. The molecule has 19 heavy (non-hydrogen) atoms. The van der Waals surface area contributed by atoms with Gasteiger partial charge in [0.2, 0.25) is 0 Å². The minimum Gasteiger partial charge on any atom is -0.333 e. The van der Waals surface area contributed by atoms with E-state index in [4.69, 9.17) is 5.73 Å². The predicted molar refractivity (Wildman–Crippen MR) is 73.6 cm³/mol. The number of hydrogen-bond acceptors (Lipinski definition) is 4. The molecule has 0 saturated carbocycles. The Morgan fingerprint density at radius 3 is 3.00 bits per heavy atom. The monoisotopic (exact) mass is 262 g/mol. The van der Waals surface area contributed by atoms with Crippen LogP contribution in [0.4, 0.5) is 0 Å². The maximum Gasteiger partial charge on any atom is 0.0948 e. The average Bonchev–Trinajstić information content (AvgIpc) is 3.02. The van der Waals surface area contributed by atoms with Gasteiger partial charge in [-0.05, 0) is 32.2 Å². The van der Waals surface area contributed by atoms with Gasteiger partial charge in [0, 0.05) is 12.7 Å². The molecule has 0 fully saturated rings. The van der Waals surface area contributed by atoms with Crippen molar-refractivity contribution < 1.29 is 0 Å². The highest BCUT2D eigenvalue weighted by molar-refractivity contribution is 5.01. The van der Waals surface area contributed by atoms with Crippen LogP contribution in [0.1, 0.15) is 37.6 Å². The number of imidazole rings is 1. The lowest BCUT2D eigenvalue weighted by Gasteiger charge is -2.05. The molecule has 2 rings (SSSR count). The highest BCUT2D eigenvalue weighted by Gasteiger charge is 2.05. The van der Waals surface area contributed by atoms with Crippen molar-refractivity contribution in [1.82, 2.24) is 24.5 Å². The lowest BCUT2D eigenvalue weighted by molar-refractivity contribution is 0.583. The second kappa shape index (κ2) is 7.04. The van der Waals surface area contributed by atoms with E-state index in [9.17, 15) is 0 Å². The van der Waals surface area contributed by atoms with Gasteiger partial charge in [-0.2, -0.15) is 0 Å². The van der Waals surface area contributed by atoms with Gasteiger partial charge in [-0.25, -0.2) is 9.67 Å². The first-order valence-corrected chi connectivity index (χ1v) is 6.91. The van der Waals surface area contributed by atoms with Crippen molar-refractivity contribution in [3.8, 4) is 0 Å². The molecule has 0 aliphatic carbocycles. The molecule has 0 radical (unpaired) electrons. The Morgan fingerprint density at radius 2 is 2.21 bits per heavy atom. The van der Waals surface area contributed by atoms with Gasteiger partial charge in [-0.1, -0.05) is 12.1 Å². The first kappa shape index (κ1) is 13.7. The molecule has 0 atom stereocenters. The Labute approximate surface area is 113 Å². The molecular formula is C13H22N6.